The summed E-state index contributed by atoms with van der Waals surface area (Å²) in [5.74, 6) is -1.40. The van der Waals surface area contributed by atoms with Crippen molar-refractivity contribution in [3.05, 3.63) is 46.5 Å². The van der Waals surface area contributed by atoms with Gasteiger partial charge in [0.1, 0.15) is 0 Å². The summed E-state index contributed by atoms with van der Waals surface area (Å²) in [5, 5.41) is 0.884. The number of quaternary nitrogens is 2. The number of carbonyl (C=O) groups excluding carboxylic acids is 4. The smallest absolute Gasteiger partial charge is 0.261 e. The number of benzene rings is 2. The van der Waals surface area contributed by atoms with E-state index in [-0.39, 0.29) is 83.7 Å². The van der Waals surface area contributed by atoms with E-state index in [4.69, 9.17) is 0 Å². The molecule has 0 saturated carbocycles. The largest absolute Gasteiger partial charge is 1.00 e. The second-order valence-electron chi connectivity index (χ2n) is 13.0. The van der Waals surface area contributed by atoms with E-state index in [2.05, 4.69) is 41.8 Å². The molecule has 0 aliphatic carbocycles. The van der Waals surface area contributed by atoms with E-state index in [0.29, 0.717) is 33.0 Å². The summed E-state index contributed by atoms with van der Waals surface area (Å²) in [7, 11) is 4.46. The summed E-state index contributed by atoms with van der Waals surface area (Å²) in [6, 6.07) is 6.16. The molecule has 0 fully saturated rings. The summed E-state index contributed by atoms with van der Waals surface area (Å²) in [6.07, 6.45) is 3.25. The Morgan fingerprint density at radius 1 is 0.545 bits per heavy atom. The van der Waals surface area contributed by atoms with Gasteiger partial charge in [0.25, 0.3) is 23.6 Å². The van der Waals surface area contributed by atoms with Gasteiger partial charge in [-0.1, -0.05) is 0 Å². The van der Waals surface area contributed by atoms with Gasteiger partial charge in [0.05, 0.1) is 53.4 Å². The molecule has 0 saturated heterocycles. The van der Waals surface area contributed by atoms with Crippen LogP contribution in [0.25, 0.3) is 10.8 Å². The van der Waals surface area contributed by atoms with Gasteiger partial charge in [0.15, 0.2) is 0 Å². The highest BCUT2D eigenvalue weighted by atomic mass is 127. The lowest BCUT2D eigenvalue weighted by Gasteiger charge is -2.37. The predicted octanol–water partition coefficient (Wildman–Crippen LogP) is -0.650. The van der Waals surface area contributed by atoms with Crippen molar-refractivity contribution < 1.29 is 76.1 Å². The molecule has 2 aliphatic heterocycles. The zero-order valence-corrected chi connectivity index (χ0v) is 32.0. The van der Waals surface area contributed by atoms with Crippen LogP contribution in [-0.2, 0) is 0 Å². The van der Waals surface area contributed by atoms with Crippen LogP contribution in [0.1, 0.15) is 109 Å². The van der Waals surface area contributed by atoms with Crippen molar-refractivity contribution in [2.45, 2.75) is 79.3 Å². The highest BCUT2D eigenvalue weighted by Crippen LogP contribution is 2.39. The van der Waals surface area contributed by atoms with Gasteiger partial charge in [0, 0.05) is 45.1 Å². The maximum atomic E-state index is 13.8. The van der Waals surface area contributed by atoms with Gasteiger partial charge in [-0.3, -0.25) is 29.0 Å². The summed E-state index contributed by atoms with van der Waals surface area (Å²) in [6.45, 7) is 18.7. The van der Waals surface area contributed by atoms with Crippen molar-refractivity contribution in [3.63, 3.8) is 0 Å². The van der Waals surface area contributed by atoms with Gasteiger partial charge in [-0.2, -0.15) is 0 Å². The van der Waals surface area contributed by atoms with E-state index in [1.54, 1.807) is 24.3 Å². The maximum absolute atomic E-state index is 13.8. The normalized spacial score (nSPS) is 16.2. The van der Waals surface area contributed by atoms with E-state index in [1.165, 1.54) is 9.80 Å². The van der Waals surface area contributed by atoms with Crippen LogP contribution in [0.4, 0.5) is 0 Å². The van der Waals surface area contributed by atoms with Crippen LogP contribution in [0.3, 0.4) is 0 Å². The van der Waals surface area contributed by atoms with Crippen molar-refractivity contribution in [2.75, 3.05) is 53.4 Å². The quantitative estimate of drug-likeness (QED) is 0.144. The third-order valence-electron chi connectivity index (χ3n) is 10.5. The van der Waals surface area contributed by atoms with Crippen molar-refractivity contribution in [2.24, 2.45) is 0 Å². The number of carbonyl (C=O) groups is 4. The van der Waals surface area contributed by atoms with Gasteiger partial charge in [-0.25, -0.2) is 0 Å². The first-order chi connectivity index (χ1) is 19.9. The second kappa shape index (κ2) is 15.3. The Hall–Kier alpha value is -1.64. The van der Waals surface area contributed by atoms with Crippen molar-refractivity contribution in [1.29, 1.82) is 0 Å². The van der Waals surface area contributed by atoms with Crippen LogP contribution < -0.4 is 48.0 Å². The number of imide groups is 2. The Kier molecular flexibility index (Phi) is 13.4. The van der Waals surface area contributed by atoms with Gasteiger partial charge in [0.2, 0.25) is 0 Å². The number of amides is 4. The fourth-order valence-electron chi connectivity index (χ4n) is 6.59. The SMILES string of the molecule is CC[N+](C)(CC)CCCC(C)N1C(=O)c2ccc3c4c(ccc(c24)C1=O)C(=O)N(C(C)CCC[N+](C)(CC)CC)C3=O.[I-].[I-]. The van der Waals surface area contributed by atoms with Gasteiger partial charge in [-0.15, -0.1) is 0 Å². The summed E-state index contributed by atoms with van der Waals surface area (Å²) < 4.78 is 1.91. The van der Waals surface area contributed by atoms with E-state index >= 15 is 0 Å². The number of rotatable bonds is 14. The summed E-state index contributed by atoms with van der Waals surface area (Å²) in [5.41, 5.74) is 1.55. The lowest BCUT2D eigenvalue weighted by molar-refractivity contribution is -0.906. The zero-order chi connectivity index (χ0) is 31.0. The fourth-order valence-corrected chi connectivity index (χ4v) is 6.59. The van der Waals surface area contributed by atoms with Crippen LogP contribution in [0.5, 0.6) is 0 Å². The molecule has 8 nitrogen and oxygen atoms in total. The molecule has 10 heteroatoms. The van der Waals surface area contributed by atoms with Crippen LogP contribution in [0.2, 0.25) is 0 Å². The predicted molar refractivity (Wildman–Crippen MR) is 167 cm³/mol. The average Bonchev–Trinajstić information content (AvgIpc) is 2.98. The molecule has 2 aromatic carbocycles. The molecule has 0 bridgehead atoms. The van der Waals surface area contributed by atoms with Crippen molar-refractivity contribution in [1.82, 2.24) is 9.80 Å². The van der Waals surface area contributed by atoms with Crippen LogP contribution in [0.15, 0.2) is 24.3 Å². The molecule has 4 rings (SSSR count). The van der Waals surface area contributed by atoms with Crippen LogP contribution in [-0.4, -0.2) is 108 Å². The number of halogens is 2. The Balaban J connectivity index is 0.00000337. The minimum Gasteiger partial charge on any atom is -1.00 e. The minimum absolute atomic E-state index is 0. The molecular formula is C34H50I2N4O4. The lowest BCUT2D eigenvalue weighted by atomic mass is 9.85. The topological polar surface area (TPSA) is 74.8 Å². The van der Waals surface area contributed by atoms with Crippen LogP contribution in [0, 0.1) is 0 Å². The summed E-state index contributed by atoms with van der Waals surface area (Å²) in [4.78, 5) is 57.8. The average molecular weight is 833 g/mol. The highest BCUT2D eigenvalue weighted by molar-refractivity contribution is 6.33. The molecule has 2 aliphatic rings. The molecule has 4 amide bonds. The fraction of sp³-hybridized carbons (Fsp3) is 0.588. The van der Waals surface area contributed by atoms with E-state index in [1.807, 2.05) is 13.8 Å². The van der Waals surface area contributed by atoms with E-state index in [9.17, 15) is 19.2 Å². The number of nitrogens with zero attached hydrogens (tertiary/aromatic N) is 4. The molecule has 2 atom stereocenters. The minimum atomic E-state index is -0.351. The molecule has 0 N–H and O–H groups in total. The first-order valence-electron chi connectivity index (χ1n) is 15.9. The Labute approximate surface area is 297 Å². The lowest BCUT2D eigenvalue weighted by Crippen LogP contribution is -3.00. The van der Waals surface area contributed by atoms with E-state index < -0.39 is 0 Å². The second-order valence-corrected chi connectivity index (χ2v) is 13.0. The molecule has 2 heterocycles. The molecule has 0 aromatic heterocycles. The first kappa shape index (κ1) is 38.5. The third-order valence-corrected chi connectivity index (χ3v) is 10.5. The van der Waals surface area contributed by atoms with Gasteiger partial charge < -0.3 is 56.9 Å². The molecule has 0 radical (unpaired) electrons. The molecule has 0 spiro atoms. The monoisotopic (exact) mass is 832 g/mol. The maximum Gasteiger partial charge on any atom is 0.261 e. The third kappa shape index (κ3) is 7.02. The zero-order valence-electron chi connectivity index (χ0n) is 27.7. The molecular weight excluding hydrogens is 782 g/mol. The van der Waals surface area contributed by atoms with Crippen molar-refractivity contribution >= 4 is 34.4 Å². The molecule has 2 unspecified atom stereocenters. The Morgan fingerprint density at radius 3 is 1.02 bits per heavy atom. The van der Waals surface area contributed by atoms with E-state index in [0.717, 1.165) is 73.9 Å². The highest BCUT2D eigenvalue weighted by Gasteiger charge is 2.42. The Morgan fingerprint density at radius 2 is 0.795 bits per heavy atom. The molecule has 2 aromatic rings. The summed E-state index contributed by atoms with van der Waals surface area (Å²) >= 11 is 0. The number of hydrogen-bond donors (Lipinski definition) is 0. The first-order valence-corrected chi connectivity index (χ1v) is 15.9. The van der Waals surface area contributed by atoms with Crippen molar-refractivity contribution in [3.8, 4) is 0 Å². The molecule has 244 valence electrons. The number of hydrogen-bond acceptors (Lipinski definition) is 4. The molecule has 44 heavy (non-hydrogen) atoms. The standard InChI is InChI=1S/C34H50N4O4.2HI/c1-9-37(7,10-2)21-13-15-23(5)35-31(39)25-17-19-27-30-28(20-18-26(29(25)30)32(35)40)34(42)36(33(27)41)24(6)16-14-22-38(8,11-3)12-4;;/h17-20,23-24H,9-16,21-22H2,1-8H3;2*1H/q+2;;/p-2. The Bertz CT molecular complexity index is 1230. The van der Waals surface area contributed by atoms with Gasteiger partial charge >= 0.3 is 0 Å². The van der Waals surface area contributed by atoms with Gasteiger partial charge in [-0.05, 0) is 91.5 Å². The van der Waals surface area contributed by atoms with Crippen LogP contribution >= 0.6 is 0 Å².